The van der Waals surface area contributed by atoms with Gasteiger partial charge in [0.25, 0.3) is 5.91 Å². The normalized spacial score (nSPS) is 18.6. The van der Waals surface area contributed by atoms with Gasteiger partial charge in [-0.1, -0.05) is 11.6 Å². The SMILES string of the molecule is Nc1ccc(C(=O)NC2CCCC(Nc3ncc(Cl)c(-c4cccnc4)n3)C2)cc1. The summed E-state index contributed by atoms with van der Waals surface area (Å²) in [7, 11) is 0. The number of nitrogen functional groups attached to an aromatic ring is 1. The summed E-state index contributed by atoms with van der Waals surface area (Å²) in [5, 5.41) is 7.00. The van der Waals surface area contributed by atoms with Gasteiger partial charge in [0.1, 0.15) is 0 Å². The topological polar surface area (TPSA) is 106 Å². The number of carbonyl (C=O) groups is 1. The number of amides is 1. The number of halogens is 1. The van der Waals surface area contributed by atoms with Crippen LogP contribution in [0.1, 0.15) is 36.0 Å². The summed E-state index contributed by atoms with van der Waals surface area (Å²) in [6.45, 7) is 0. The smallest absolute Gasteiger partial charge is 0.251 e. The lowest BCUT2D eigenvalue weighted by atomic mass is 9.91. The van der Waals surface area contributed by atoms with Gasteiger partial charge in [-0.15, -0.1) is 0 Å². The molecule has 2 unspecified atom stereocenters. The van der Waals surface area contributed by atoms with Crippen LogP contribution in [0.5, 0.6) is 0 Å². The van der Waals surface area contributed by atoms with E-state index in [9.17, 15) is 4.79 Å². The first-order valence-electron chi connectivity index (χ1n) is 9.94. The Morgan fingerprint density at radius 3 is 2.67 bits per heavy atom. The van der Waals surface area contributed by atoms with Crippen molar-refractivity contribution in [3.05, 3.63) is 65.6 Å². The van der Waals surface area contributed by atoms with E-state index >= 15 is 0 Å². The van der Waals surface area contributed by atoms with Crippen LogP contribution in [0, 0.1) is 0 Å². The maximum absolute atomic E-state index is 12.5. The van der Waals surface area contributed by atoms with Gasteiger partial charge < -0.3 is 16.4 Å². The minimum Gasteiger partial charge on any atom is -0.399 e. The van der Waals surface area contributed by atoms with Crippen LogP contribution in [-0.4, -0.2) is 32.9 Å². The Kier molecular flexibility index (Phi) is 6.09. The number of nitrogens with one attached hydrogen (secondary N) is 2. The molecule has 1 aromatic carbocycles. The van der Waals surface area contributed by atoms with Crippen LogP contribution in [-0.2, 0) is 0 Å². The zero-order chi connectivity index (χ0) is 20.9. The van der Waals surface area contributed by atoms with Crippen molar-refractivity contribution in [3.63, 3.8) is 0 Å². The van der Waals surface area contributed by atoms with Crippen LogP contribution >= 0.6 is 11.6 Å². The highest BCUT2D eigenvalue weighted by molar-refractivity contribution is 6.32. The van der Waals surface area contributed by atoms with Crippen molar-refractivity contribution in [2.24, 2.45) is 0 Å². The minimum atomic E-state index is -0.0812. The second-order valence-corrected chi connectivity index (χ2v) is 7.84. The third-order valence-electron chi connectivity index (χ3n) is 5.19. The van der Waals surface area contributed by atoms with Crippen molar-refractivity contribution in [1.82, 2.24) is 20.3 Å². The molecule has 2 aromatic heterocycles. The van der Waals surface area contributed by atoms with E-state index < -0.39 is 0 Å². The zero-order valence-electron chi connectivity index (χ0n) is 16.4. The number of anilines is 2. The molecule has 2 atom stereocenters. The average molecular weight is 423 g/mol. The lowest BCUT2D eigenvalue weighted by Crippen LogP contribution is -2.42. The Balaban J connectivity index is 1.40. The van der Waals surface area contributed by atoms with Crippen LogP contribution < -0.4 is 16.4 Å². The molecule has 30 heavy (non-hydrogen) atoms. The van der Waals surface area contributed by atoms with E-state index in [-0.39, 0.29) is 18.0 Å². The molecule has 1 aliphatic rings. The number of nitrogens with zero attached hydrogens (tertiary/aromatic N) is 3. The summed E-state index contributed by atoms with van der Waals surface area (Å²) in [5.74, 6) is 0.441. The number of hydrogen-bond acceptors (Lipinski definition) is 6. The molecule has 3 aromatic rings. The zero-order valence-corrected chi connectivity index (χ0v) is 17.1. The molecule has 154 valence electrons. The lowest BCUT2D eigenvalue weighted by molar-refractivity contribution is 0.0926. The number of nitrogens with two attached hydrogens (primary N) is 1. The summed E-state index contributed by atoms with van der Waals surface area (Å²) < 4.78 is 0. The molecule has 0 aliphatic heterocycles. The van der Waals surface area contributed by atoms with Crippen molar-refractivity contribution in [1.29, 1.82) is 0 Å². The van der Waals surface area contributed by atoms with Gasteiger partial charge in [-0.3, -0.25) is 9.78 Å². The van der Waals surface area contributed by atoms with E-state index in [1.54, 1.807) is 42.9 Å². The molecule has 4 rings (SSSR count). The molecule has 7 nitrogen and oxygen atoms in total. The summed E-state index contributed by atoms with van der Waals surface area (Å²) in [5.41, 5.74) is 8.43. The number of rotatable bonds is 5. The molecule has 1 fully saturated rings. The molecule has 1 aliphatic carbocycles. The summed E-state index contributed by atoms with van der Waals surface area (Å²) >= 11 is 6.29. The van der Waals surface area contributed by atoms with Gasteiger partial charge in [-0.2, -0.15) is 0 Å². The molecule has 0 saturated heterocycles. The Hall–Kier alpha value is -3.19. The predicted octanol–water partition coefficient (Wildman–Crippen LogP) is 3.93. The Bertz CT molecular complexity index is 1010. The molecule has 4 N–H and O–H groups in total. The lowest BCUT2D eigenvalue weighted by Gasteiger charge is -2.30. The first-order chi connectivity index (χ1) is 14.6. The number of hydrogen-bond donors (Lipinski definition) is 3. The quantitative estimate of drug-likeness (QED) is 0.538. The fourth-order valence-electron chi connectivity index (χ4n) is 3.68. The predicted molar refractivity (Wildman–Crippen MR) is 118 cm³/mol. The molecule has 1 saturated carbocycles. The standard InChI is InChI=1S/C22H23ClN6O/c23-19-13-26-22(29-20(19)15-3-2-10-25-12-15)28-18-5-1-4-17(11-18)27-21(30)14-6-8-16(24)9-7-14/h2-3,6-10,12-13,17-18H,1,4-5,11,24H2,(H,27,30)(H,26,28,29). The Morgan fingerprint density at radius 2 is 1.90 bits per heavy atom. The number of carbonyl (C=O) groups excluding carboxylic acids is 1. The summed E-state index contributed by atoms with van der Waals surface area (Å²) in [6, 6.07) is 11.0. The second kappa shape index (κ2) is 9.09. The van der Waals surface area contributed by atoms with Crippen LogP contribution in [0.2, 0.25) is 5.02 Å². The van der Waals surface area contributed by atoms with E-state index in [1.165, 1.54) is 0 Å². The third-order valence-corrected chi connectivity index (χ3v) is 5.47. The minimum absolute atomic E-state index is 0.0812. The van der Waals surface area contributed by atoms with Crippen LogP contribution in [0.15, 0.2) is 55.0 Å². The number of aromatic nitrogens is 3. The third kappa shape index (κ3) is 4.86. The van der Waals surface area contributed by atoms with Crippen molar-refractivity contribution in [2.75, 3.05) is 11.1 Å². The largest absolute Gasteiger partial charge is 0.399 e. The van der Waals surface area contributed by atoms with Crippen molar-refractivity contribution in [2.45, 2.75) is 37.8 Å². The summed E-state index contributed by atoms with van der Waals surface area (Å²) in [6.07, 6.45) is 8.77. The molecule has 0 bridgehead atoms. The Morgan fingerprint density at radius 1 is 1.10 bits per heavy atom. The molecule has 1 amide bonds. The van der Waals surface area contributed by atoms with E-state index in [1.807, 2.05) is 12.1 Å². The van der Waals surface area contributed by atoms with Gasteiger partial charge in [0.2, 0.25) is 5.95 Å². The van der Waals surface area contributed by atoms with Crippen molar-refractivity contribution in [3.8, 4) is 11.3 Å². The van der Waals surface area contributed by atoms with Gasteiger partial charge in [-0.05, 0) is 62.1 Å². The highest BCUT2D eigenvalue weighted by Gasteiger charge is 2.24. The van der Waals surface area contributed by atoms with E-state index in [2.05, 4.69) is 25.6 Å². The van der Waals surface area contributed by atoms with Gasteiger partial charge in [-0.25, -0.2) is 9.97 Å². The first-order valence-corrected chi connectivity index (χ1v) is 10.3. The van der Waals surface area contributed by atoms with E-state index in [0.29, 0.717) is 27.9 Å². The average Bonchev–Trinajstić information content (AvgIpc) is 2.76. The van der Waals surface area contributed by atoms with Crippen molar-refractivity contribution >= 4 is 29.1 Å². The molecular formula is C22H23ClN6O. The molecule has 2 heterocycles. The maximum atomic E-state index is 12.5. The first kappa shape index (κ1) is 20.1. The highest BCUT2D eigenvalue weighted by Crippen LogP contribution is 2.27. The molecule has 0 spiro atoms. The number of pyridine rings is 1. The summed E-state index contributed by atoms with van der Waals surface area (Å²) in [4.78, 5) is 25.6. The molecule has 0 radical (unpaired) electrons. The Labute approximate surface area is 180 Å². The van der Waals surface area contributed by atoms with Crippen LogP contribution in [0.3, 0.4) is 0 Å². The van der Waals surface area contributed by atoms with Gasteiger partial charge in [0.15, 0.2) is 0 Å². The van der Waals surface area contributed by atoms with Crippen molar-refractivity contribution < 1.29 is 4.79 Å². The van der Waals surface area contributed by atoms with Crippen LogP contribution in [0.25, 0.3) is 11.3 Å². The van der Waals surface area contributed by atoms with E-state index in [4.69, 9.17) is 17.3 Å². The number of benzene rings is 1. The van der Waals surface area contributed by atoms with E-state index in [0.717, 1.165) is 31.2 Å². The van der Waals surface area contributed by atoms with Gasteiger partial charge in [0, 0.05) is 41.3 Å². The van der Waals surface area contributed by atoms with Crippen LogP contribution in [0.4, 0.5) is 11.6 Å². The molecular weight excluding hydrogens is 400 g/mol. The highest BCUT2D eigenvalue weighted by atomic mass is 35.5. The maximum Gasteiger partial charge on any atom is 0.251 e. The molecule has 8 heteroatoms. The fourth-order valence-corrected chi connectivity index (χ4v) is 3.88. The van der Waals surface area contributed by atoms with Gasteiger partial charge >= 0.3 is 0 Å². The fraction of sp³-hybridized carbons (Fsp3) is 0.273. The monoisotopic (exact) mass is 422 g/mol. The van der Waals surface area contributed by atoms with Gasteiger partial charge in [0.05, 0.1) is 16.9 Å². The second-order valence-electron chi connectivity index (χ2n) is 7.43.